The zero-order valence-electron chi connectivity index (χ0n) is 20.6. The molecule has 0 spiro atoms. The van der Waals surface area contributed by atoms with Crippen LogP contribution in [-0.4, -0.2) is 41.1 Å². The van der Waals surface area contributed by atoms with Crippen molar-refractivity contribution in [2.24, 2.45) is 29.6 Å². The highest BCUT2D eigenvalue weighted by atomic mass is 32.2. The molecule has 2 amide bonds. The zero-order chi connectivity index (χ0) is 26.5. The lowest BCUT2D eigenvalue weighted by Gasteiger charge is -2.43. The fourth-order valence-corrected chi connectivity index (χ4v) is 10.2. The van der Waals surface area contributed by atoms with Crippen LogP contribution in [0.1, 0.15) is 22.8 Å². The fraction of sp³-hybridized carbons (Fsp3) is 0.370. The van der Waals surface area contributed by atoms with E-state index in [-0.39, 0.29) is 51.3 Å². The number of thioether (sulfide) groups is 1. The van der Waals surface area contributed by atoms with Crippen molar-refractivity contribution < 1.29 is 14.5 Å². The van der Waals surface area contributed by atoms with Crippen LogP contribution >= 0.6 is 23.1 Å². The molecular weight excluding hydrogens is 524 g/mol. The Labute approximate surface area is 226 Å². The molecular formula is C27H24N4O5S2. The SMILES string of the molecule is CN(C)c1ccc([C@H]2c3sc(=O)[nH]c3SC3C4CC(C5C(=O)N(c6ccc([N+](=O)[O-])cc6)C(=O)C45)C32)cc1. The molecule has 3 fully saturated rings. The van der Waals surface area contributed by atoms with E-state index in [0.29, 0.717) is 5.69 Å². The van der Waals surface area contributed by atoms with Crippen LogP contribution in [0.4, 0.5) is 17.1 Å². The summed E-state index contributed by atoms with van der Waals surface area (Å²) >= 11 is 2.91. The Kier molecular flexibility index (Phi) is 5.15. The van der Waals surface area contributed by atoms with Crippen LogP contribution in [-0.2, 0) is 9.59 Å². The number of H-pyrrole nitrogens is 1. The number of hydrogen-bond donors (Lipinski definition) is 1. The van der Waals surface area contributed by atoms with Crippen molar-refractivity contribution >= 4 is 52.0 Å². The number of rotatable bonds is 4. The summed E-state index contributed by atoms with van der Waals surface area (Å²) in [6.07, 6.45) is 0.814. The molecule has 1 aromatic heterocycles. The number of carbonyl (C=O) groups is 2. The Hall–Kier alpha value is -3.44. The molecule has 194 valence electrons. The lowest BCUT2D eigenvalue weighted by atomic mass is 9.68. The van der Waals surface area contributed by atoms with Crippen LogP contribution < -0.4 is 14.7 Å². The number of aromatic amines is 1. The van der Waals surface area contributed by atoms with Gasteiger partial charge in [-0.3, -0.25) is 29.4 Å². The van der Waals surface area contributed by atoms with Gasteiger partial charge in [0.25, 0.3) is 5.69 Å². The average Bonchev–Trinajstić information content (AvgIpc) is 3.63. The number of imide groups is 1. The summed E-state index contributed by atoms with van der Waals surface area (Å²) < 4.78 is 0. The summed E-state index contributed by atoms with van der Waals surface area (Å²) in [5.74, 6) is -1.08. The van der Waals surface area contributed by atoms with E-state index in [9.17, 15) is 24.5 Å². The Bertz CT molecular complexity index is 1550. The molecule has 0 radical (unpaired) electrons. The average molecular weight is 549 g/mol. The number of carbonyl (C=O) groups excluding carboxylic acids is 2. The summed E-state index contributed by atoms with van der Waals surface area (Å²) in [6.45, 7) is 0. The molecule has 2 aromatic carbocycles. The van der Waals surface area contributed by atoms with Crippen molar-refractivity contribution in [2.75, 3.05) is 23.9 Å². The van der Waals surface area contributed by atoms with Gasteiger partial charge < -0.3 is 9.88 Å². The van der Waals surface area contributed by atoms with E-state index in [4.69, 9.17) is 0 Å². The minimum absolute atomic E-state index is 0.0193. The number of aromatic nitrogens is 1. The van der Waals surface area contributed by atoms with Crippen LogP contribution in [0.25, 0.3) is 0 Å². The number of thiazole rings is 1. The number of hydrogen-bond acceptors (Lipinski definition) is 8. The van der Waals surface area contributed by atoms with Gasteiger partial charge in [0.1, 0.15) is 0 Å². The first-order chi connectivity index (χ1) is 18.2. The predicted octanol–water partition coefficient (Wildman–Crippen LogP) is 4.09. The van der Waals surface area contributed by atoms with Crippen molar-refractivity contribution in [1.29, 1.82) is 0 Å². The van der Waals surface area contributed by atoms with Crippen molar-refractivity contribution in [2.45, 2.75) is 22.6 Å². The van der Waals surface area contributed by atoms with Gasteiger partial charge in [0, 0.05) is 48.0 Å². The van der Waals surface area contributed by atoms with Gasteiger partial charge in [0.15, 0.2) is 0 Å². The Morgan fingerprint density at radius 2 is 1.63 bits per heavy atom. The largest absolute Gasteiger partial charge is 0.378 e. The molecule has 6 unspecified atom stereocenters. The van der Waals surface area contributed by atoms with Gasteiger partial charge in [-0.25, -0.2) is 0 Å². The van der Waals surface area contributed by atoms with E-state index < -0.39 is 16.8 Å². The van der Waals surface area contributed by atoms with E-state index in [0.717, 1.165) is 27.6 Å². The number of fused-ring (bicyclic) bond motifs is 9. The van der Waals surface area contributed by atoms with Gasteiger partial charge in [0.2, 0.25) is 11.8 Å². The summed E-state index contributed by atoms with van der Waals surface area (Å²) in [5.41, 5.74) is 2.50. The van der Waals surface area contributed by atoms with Gasteiger partial charge in [0.05, 0.1) is 27.5 Å². The first kappa shape index (κ1) is 23.7. The second-order valence-electron chi connectivity index (χ2n) is 10.7. The van der Waals surface area contributed by atoms with Crippen LogP contribution in [0.3, 0.4) is 0 Å². The number of non-ortho nitro benzene ring substituents is 1. The highest BCUT2D eigenvalue weighted by Gasteiger charge is 2.69. The standard InChI is InChI=1S/C27H24N4O5S2/c1-29(2)13-5-3-12(4-6-13)18-19-16-11-17(22(19)37-24-23(18)38-27(34)28-24)21-20(16)25(32)30(26(21)33)14-7-9-15(10-8-14)31(35)36/h3-10,16-22H,11H2,1-2H3,(H,28,34)/t16?,17?,18-,19?,20?,21?,22?/m1/s1. The van der Waals surface area contributed by atoms with Crippen LogP contribution in [0.15, 0.2) is 58.4 Å². The van der Waals surface area contributed by atoms with Gasteiger partial charge in [-0.15, -0.1) is 11.8 Å². The first-order valence-corrected chi connectivity index (χ1v) is 14.2. The van der Waals surface area contributed by atoms with E-state index in [1.807, 2.05) is 19.0 Å². The maximum absolute atomic E-state index is 13.8. The minimum Gasteiger partial charge on any atom is -0.378 e. The second kappa shape index (κ2) is 8.28. The molecule has 7 atom stereocenters. The quantitative estimate of drug-likeness (QED) is 0.297. The number of nitro benzene ring substituents is 1. The maximum Gasteiger partial charge on any atom is 0.305 e. The molecule has 3 heterocycles. The Balaban J connectivity index is 1.28. The number of nitro groups is 1. The molecule has 2 bridgehead atoms. The molecule has 4 aliphatic rings. The highest BCUT2D eigenvalue weighted by molar-refractivity contribution is 8.00. The van der Waals surface area contributed by atoms with Crippen LogP contribution in [0, 0.1) is 39.7 Å². The van der Waals surface area contributed by atoms with Gasteiger partial charge in [-0.2, -0.15) is 0 Å². The molecule has 2 aliphatic carbocycles. The van der Waals surface area contributed by atoms with Crippen molar-refractivity contribution in [3.8, 4) is 0 Å². The van der Waals surface area contributed by atoms with Crippen molar-refractivity contribution in [1.82, 2.24) is 4.98 Å². The van der Waals surface area contributed by atoms with Crippen molar-refractivity contribution in [3.05, 3.63) is 78.8 Å². The van der Waals surface area contributed by atoms with Gasteiger partial charge >= 0.3 is 4.87 Å². The molecule has 1 N–H and O–H groups in total. The fourth-order valence-electron chi connectivity index (χ4n) is 7.35. The van der Waals surface area contributed by atoms with E-state index in [1.54, 1.807) is 11.8 Å². The molecule has 38 heavy (non-hydrogen) atoms. The minimum atomic E-state index is -0.498. The van der Waals surface area contributed by atoms with Gasteiger partial charge in [-0.1, -0.05) is 23.5 Å². The monoisotopic (exact) mass is 548 g/mol. The number of nitrogens with one attached hydrogen (secondary N) is 1. The third-order valence-electron chi connectivity index (χ3n) is 8.81. The molecule has 9 nitrogen and oxygen atoms in total. The molecule has 2 aliphatic heterocycles. The molecule has 11 heteroatoms. The zero-order valence-corrected chi connectivity index (χ0v) is 22.2. The summed E-state index contributed by atoms with van der Waals surface area (Å²) in [6, 6.07) is 14.0. The van der Waals surface area contributed by atoms with E-state index >= 15 is 0 Å². The Morgan fingerprint density at radius 1 is 0.974 bits per heavy atom. The van der Waals surface area contributed by atoms with E-state index in [1.165, 1.54) is 40.5 Å². The summed E-state index contributed by atoms with van der Waals surface area (Å²) in [7, 11) is 3.99. The number of anilines is 2. The smallest absolute Gasteiger partial charge is 0.305 e. The lowest BCUT2D eigenvalue weighted by molar-refractivity contribution is -0.384. The third-order valence-corrected chi connectivity index (χ3v) is 11.4. The second-order valence-corrected chi connectivity index (χ2v) is 12.9. The van der Waals surface area contributed by atoms with Crippen molar-refractivity contribution in [3.63, 3.8) is 0 Å². The maximum atomic E-state index is 13.8. The summed E-state index contributed by atoms with van der Waals surface area (Å²) in [4.78, 5) is 57.8. The number of benzene rings is 2. The molecule has 7 rings (SSSR count). The molecule has 3 aromatic rings. The molecule has 2 saturated carbocycles. The topological polar surface area (TPSA) is 117 Å². The predicted molar refractivity (Wildman–Crippen MR) is 145 cm³/mol. The highest BCUT2D eigenvalue weighted by Crippen LogP contribution is 2.68. The van der Waals surface area contributed by atoms with E-state index in [2.05, 4.69) is 29.2 Å². The lowest BCUT2D eigenvalue weighted by Crippen LogP contribution is -2.42. The van der Waals surface area contributed by atoms with Crippen LogP contribution in [0.2, 0.25) is 0 Å². The molecule has 1 saturated heterocycles. The summed E-state index contributed by atoms with van der Waals surface area (Å²) in [5, 5.41) is 12.1. The Morgan fingerprint density at radius 3 is 2.26 bits per heavy atom. The van der Waals surface area contributed by atoms with Gasteiger partial charge in [-0.05, 0) is 54.0 Å². The van der Waals surface area contributed by atoms with Crippen LogP contribution in [0.5, 0.6) is 0 Å². The normalized spacial score (nSPS) is 30.8. The third kappa shape index (κ3) is 3.21. The number of nitrogens with zero attached hydrogens (tertiary/aromatic N) is 3. The number of amides is 2. The first-order valence-electron chi connectivity index (χ1n) is 12.5.